The molecular weight excluding hydrogens is 356 g/mol. The van der Waals surface area contributed by atoms with Crippen LogP contribution in [0.25, 0.3) is 22.4 Å². The van der Waals surface area contributed by atoms with Crippen LogP contribution in [0.5, 0.6) is 5.75 Å². The van der Waals surface area contributed by atoms with Crippen molar-refractivity contribution in [1.82, 2.24) is 20.4 Å². The number of methoxy groups -OCH3 is 1. The summed E-state index contributed by atoms with van der Waals surface area (Å²) in [6.45, 7) is 1.94. The fourth-order valence-corrected chi connectivity index (χ4v) is 3.64. The predicted molar refractivity (Wildman–Crippen MR) is 106 cm³/mol. The van der Waals surface area contributed by atoms with Crippen molar-refractivity contribution >= 4 is 16.9 Å². The lowest BCUT2D eigenvalue weighted by Gasteiger charge is -2.26. The average Bonchev–Trinajstić information content (AvgIpc) is 2.99. The molecule has 1 aliphatic heterocycles. The Bertz CT molecular complexity index is 959. The molecule has 3 heterocycles. The number of rotatable bonds is 4. The lowest BCUT2D eigenvalue weighted by Crippen LogP contribution is -2.38. The average molecular weight is 380 g/mol. The van der Waals surface area contributed by atoms with Gasteiger partial charge in [-0.15, -0.1) is 10.2 Å². The van der Waals surface area contributed by atoms with E-state index in [1.165, 1.54) is 0 Å². The van der Waals surface area contributed by atoms with Gasteiger partial charge < -0.3 is 19.4 Å². The van der Waals surface area contributed by atoms with Gasteiger partial charge in [0, 0.05) is 18.5 Å². The first-order valence-electron chi connectivity index (χ1n) is 9.56. The van der Waals surface area contributed by atoms with E-state index in [2.05, 4.69) is 15.5 Å². The Labute approximate surface area is 163 Å². The monoisotopic (exact) mass is 380 g/mol. The van der Waals surface area contributed by atoms with Crippen LogP contribution in [0.2, 0.25) is 0 Å². The van der Waals surface area contributed by atoms with Crippen LogP contribution in [0.3, 0.4) is 0 Å². The normalized spacial score (nSPS) is 17.3. The highest BCUT2D eigenvalue weighted by atomic mass is 16.5. The number of hydrogen-bond acceptors (Lipinski definition) is 6. The van der Waals surface area contributed by atoms with Gasteiger partial charge in [0.25, 0.3) is 5.91 Å². The number of carbonyl (C=O) groups excluding carboxylic acids is 1. The van der Waals surface area contributed by atoms with Gasteiger partial charge in [0.2, 0.25) is 0 Å². The van der Waals surface area contributed by atoms with Crippen LogP contribution in [0.4, 0.5) is 0 Å². The summed E-state index contributed by atoms with van der Waals surface area (Å²) in [5.41, 5.74) is 1.59. The van der Waals surface area contributed by atoms with Crippen LogP contribution in [-0.2, 0) is 0 Å². The third-order valence-electron chi connectivity index (χ3n) is 5.28. The molecular formula is C21H24N4O3. The van der Waals surface area contributed by atoms with Gasteiger partial charge in [-0.1, -0.05) is 12.1 Å². The Morgan fingerprint density at radius 1 is 1.21 bits per heavy atom. The highest BCUT2D eigenvalue weighted by Crippen LogP contribution is 2.32. The molecule has 4 rings (SSSR count). The molecule has 1 fully saturated rings. The smallest absolute Gasteiger partial charge is 0.274 e. The molecule has 1 atom stereocenters. The molecule has 28 heavy (non-hydrogen) atoms. The Morgan fingerprint density at radius 2 is 2.11 bits per heavy atom. The summed E-state index contributed by atoms with van der Waals surface area (Å²) in [6.07, 6.45) is 3.03. The number of hydrogen-bond donors (Lipinski definition) is 1. The van der Waals surface area contributed by atoms with E-state index in [4.69, 9.17) is 9.15 Å². The molecule has 7 heteroatoms. The molecule has 3 aromatic rings. The van der Waals surface area contributed by atoms with Crippen LogP contribution in [0, 0.1) is 0 Å². The standard InChI is InChI=1S/C21H24N4O3/c1-25(15-6-4-11-22-12-10-15)21(26)17-9-8-16(23-24-17)19-13-14-5-3-7-18(27-2)20(14)28-19/h3,5,7-9,13,15,22H,4,6,10-12H2,1-2H3. The third kappa shape index (κ3) is 3.57. The van der Waals surface area contributed by atoms with E-state index in [-0.39, 0.29) is 11.9 Å². The van der Waals surface area contributed by atoms with Gasteiger partial charge >= 0.3 is 0 Å². The van der Waals surface area contributed by atoms with Crippen molar-refractivity contribution in [2.24, 2.45) is 0 Å². The van der Waals surface area contributed by atoms with Crippen molar-refractivity contribution < 1.29 is 13.9 Å². The van der Waals surface area contributed by atoms with E-state index in [0.29, 0.717) is 28.5 Å². The molecule has 2 aromatic heterocycles. The van der Waals surface area contributed by atoms with Crippen LogP contribution < -0.4 is 10.1 Å². The van der Waals surface area contributed by atoms with Gasteiger partial charge in [-0.25, -0.2) is 0 Å². The van der Waals surface area contributed by atoms with Crippen molar-refractivity contribution in [2.75, 3.05) is 27.2 Å². The Balaban J connectivity index is 1.54. The first kappa shape index (κ1) is 18.4. The summed E-state index contributed by atoms with van der Waals surface area (Å²) in [5, 5.41) is 12.7. The predicted octanol–water partition coefficient (Wildman–Crippen LogP) is 3.11. The Morgan fingerprint density at radius 3 is 2.89 bits per heavy atom. The zero-order valence-electron chi connectivity index (χ0n) is 16.1. The first-order valence-corrected chi connectivity index (χ1v) is 9.56. The minimum Gasteiger partial charge on any atom is -0.493 e. The fraction of sp³-hybridized carbons (Fsp3) is 0.381. The van der Waals surface area contributed by atoms with Crippen LogP contribution in [0.15, 0.2) is 40.8 Å². The van der Waals surface area contributed by atoms with Gasteiger partial charge in [0.05, 0.1) is 7.11 Å². The van der Waals surface area contributed by atoms with Gasteiger partial charge in [0.1, 0.15) is 5.69 Å². The summed E-state index contributed by atoms with van der Waals surface area (Å²) >= 11 is 0. The van der Waals surface area contributed by atoms with Gasteiger partial charge in [-0.2, -0.15) is 0 Å². The molecule has 7 nitrogen and oxygen atoms in total. The quantitative estimate of drug-likeness (QED) is 0.749. The van der Waals surface area contributed by atoms with E-state index in [0.717, 1.165) is 37.7 Å². The molecule has 1 N–H and O–H groups in total. The number of aromatic nitrogens is 2. The summed E-state index contributed by atoms with van der Waals surface area (Å²) in [5.74, 6) is 1.16. The number of nitrogens with one attached hydrogen (secondary N) is 1. The highest BCUT2D eigenvalue weighted by molar-refractivity contribution is 5.92. The molecule has 146 valence electrons. The van der Waals surface area contributed by atoms with E-state index in [1.54, 1.807) is 24.1 Å². The van der Waals surface area contributed by atoms with Crippen molar-refractivity contribution in [3.05, 3.63) is 42.1 Å². The van der Waals surface area contributed by atoms with E-state index < -0.39 is 0 Å². The first-order chi connectivity index (χ1) is 13.7. The molecule has 1 amide bonds. The second-order valence-corrected chi connectivity index (χ2v) is 7.04. The molecule has 0 spiro atoms. The molecule has 1 unspecified atom stereocenters. The van der Waals surface area contributed by atoms with E-state index in [9.17, 15) is 4.79 Å². The summed E-state index contributed by atoms with van der Waals surface area (Å²) in [6, 6.07) is 11.3. The lowest BCUT2D eigenvalue weighted by atomic mass is 10.1. The Hall–Kier alpha value is -2.93. The number of benzene rings is 1. The second kappa shape index (κ2) is 7.98. The maximum absolute atomic E-state index is 12.8. The minimum absolute atomic E-state index is 0.0998. The van der Waals surface area contributed by atoms with E-state index in [1.807, 2.05) is 31.3 Å². The molecule has 0 saturated carbocycles. The molecule has 1 aliphatic rings. The zero-order valence-corrected chi connectivity index (χ0v) is 16.1. The largest absolute Gasteiger partial charge is 0.493 e. The lowest BCUT2D eigenvalue weighted by molar-refractivity contribution is 0.0713. The molecule has 0 radical (unpaired) electrons. The van der Waals surface area contributed by atoms with Crippen LogP contribution >= 0.6 is 0 Å². The number of carbonyl (C=O) groups is 1. The highest BCUT2D eigenvalue weighted by Gasteiger charge is 2.23. The van der Waals surface area contributed by atoms with Gasteiger partial charge in [-0.3, -0.25) is 4.79 Å². The summed E-state index contributed by atoms with van der Waals surface area (Å²) < 4.78 is 11.2. The van der Waals surface area contributed by atoms with Crippen molar-refractivity contribution in [3.8, 4) is 17.2 Å². The molecule has 1 saturated heterocycles. The van der Waals surface area contributed by atoms with Crippen molar-refractivity contribution in [2.45, 2.75) is 25.3 Å². The molecule has 1 aromatic carbocycles. The number of para-hydroxylation sites is 1. The topological polar surface area (TPSA) is 80.5 Å². The van der Waals surface area contributed by atoms with Crippen molar-refractivity contribution in [3.63, 3.8) is 0 Å². The number of amides is 1. The van der Waals surface area contributed by atoms with Gasteiger partial charge in [-0.05, 0) is 56.6 Å². The number of nitrogens with zero attached hydrogens (tertiary/aromatic N) is 3. The number of fused-ring (bicyclic) bond motifs is 1. The summed E-state index contributed by atoms with van der Waals surface area (Å²) in [7, 11) is 3.46. The fourth-order valence-electron chi connectivity index (χ4n) is 3.64. The van der Waals surface area contributed by atoms with Crippen molar-refractivity contribution in [1.29, 1.82) is 0 Å². The third-order valence-corrected chi connectivity index (χ3v) is 5.28. The zero-order chi connectivity index (χ0) is 19.5. The van der Waals surface area contributed by atoms with Gasteiger partial charge in [0.15, 0.2) is 22.8 Å². The summed E-state index contributed by atoms with van der Waals surface area (Å²) in [4.78, 5) is 14.6. The number of ether oxygens (including phenoxy) is 1. The Kier molecular flexibility index (Phi) is 5.25. The molecule has 0 bridgehead atoms. The maximum Gasteiger partial charge on any atom is 0.274 e. The van der Waals surface area contributed by atoms with Crippen LogP contribution in [-0.4, -0.2) is 54.3 Å². The molecule has 0 aliphatic carbocycles. The second-order valence-electron chi connectivity index (χ2n) is 7.04. The number of furan rings is 1. The maximum atomic E-state index is 12.8. The minimum atomic E-state index is -0.0998. The SMILES string of the molecule is COc1cccc2cc(-c3ccc(C(=O)N(C)C4CCCNCC4)nn3)oc12. The van der Waals surface area contributed by atoms with E-state index >= 15 is 0 Å². The van der Waals surface area contributed by atoms with Crippen LogP contribution in [0.1, 0.15) is 29.8 Å².